The van der Waals surface area contributed by atoms with Crippen LogP contribution in [0.1, 0.15) is 48.9 Å². The lowest BCUT2D eigenvalue weighted by atomic mass is 10.0. The normalized spacial score (nSPS) is 22.3. The van der Waals surface area contributed by atoms with Crippen molar-refractivity contribution in [2.24, 2.45) is 0 Å². The Hall–Kier alpha value is -1.62. The molecule has 5 nitrogen and oxygen atoms in total. The monoisotopic (exact) mass is 316 g/mol. The van der Waals surface area contributed by atoms with Crippen molar-refractivity contribution in [3.63, 3.8) is 0 Å². The average Bonchev–Trinajstić information content (AvgIpc) is 3.11. The number of piperidine rings is 1. The Balaban J connectivity index is 1.46. The van der Waals surface area contributed by atoms with E-state index < -0.39 is 0 Å². The van der Waals surface area contributed by atoms with Gasteiger partial charge in [0.15, 0.2) is 0 Å². The molecule has 1 aromatic heterocycles. The number of nitrogens with zero attached hydrogens (tertiary/aromatic N) is 3. The lowest BCUT2D eigenvalue weighted by Crippen LogP contribution is -2.39. The molecule has 3 rings (SSSR count). The van der Waals surface area contributed by atoms with Gasteiger partial charge in [-0.1, -0.05) is 6.42 Å². The SMILES string of the molecule is CN1CCCC[C@H]1CCNC(=O)c1ccc(N2CCCC2)nc1. The molecule has 1 N–H and O–H groups in total. The molecule has 1 aromatic rings. The van der Waals surface area contributed by atoms with Crippen LogP contribution in [0.25, 0.3) is 0 Å². The summed E-state index contributed by atoms with van der Waals surface area (Å²) in [5.41, 5.74) is 0.657. The van der Waals surface area contributed by atoms with Gasteiger partial charge in [-0.2, -0.15) is 0 Å². The van der Waals surface area contributed by atoms with Gasteiger partial charge in [-0.05, 0) is 57.8 Å². The first-order valence-corrected chi connectivity index (χ1v) is 8.93. The minimum absolute atomic E-state index is 0.0102. The summed E-state index contributed by atoms with van der Waals surface area (Å²) in [5.74, 6) is 0.979. The molecule has 0 unspecified atom stereocenters. The fourth-order valence-electron chi connectivity index (χ4n) is 3.62. The van der Waals surface area contributed by atoms with E-state index in [-0.39, 0.29) is 5.91 Å². The van der Waals surface area contributed by atoms with Crippen molar-refractivity contribution < 1.29 is 4.79 Å². The number of carbonyl (C=O) groups is 1. The molecule has 1 atom stereocenters. The predicted octanol–water partition coefficient (Wildman–Crippen LogP) is 2.29. The Morgan fingerprint density at radius 2 is 2.00 bits per heavy atom. The van der Waals surface area contributed by atoms with Crippen LogP contribution < -0.4 is 10.2 Å². The van der Waals surface area contributed by atoms with Crippen molar-refractivity contribution in [2.75, 3.05) is 38.1 Å². The second-order valence-electron chi connectivity index (χ2n) is 6.77. The number of aromatic nitrogens is 1. The molecule has 0 bridgehead atoms. The summed E-state index contributed by atoms with van der Waals surface area (Å²) in [7, 11) is 2.19. The minimum Gasteiger partial charge on any atom is -0.357 e. The molecule has 3 heterocycles. The van der Waals surface area contributed by atoms with Crippen molar-refractivity contribution in [2.45, 2.75) is 44.6 Å². The fraction of sp³-hybridized carbons (Fsp3) is 0.667. The quantitative estimate of drug-likeness (QED) is 0.905. The van der Waals surface area contributed by atoms with E-state index in [1.54, 1.807) is 6.20 Å². The minimum atomic E-state index is -0.0102. The standard InChI is InChI=1S/C18H28N4O/c1-21-11-3-2-6-16(21)9-10-19-18(23)15-7-8-17(20-14-15)22-12-4-5-13-22/h7-8,14,16H,2-6,9-13H2,1H3,(H,19,23)/t16-/m0/s1. The van der Waals surface area contributed by atoms with Gasteiger partial charge >= 0.3 is 0 Å². The predicted molar refractivity (Wildman–Crippen MR) is 92.9 cm³/mol. The number of hydrogen-bond donors (Lipinski definition) is 1. The van der Waals surface area contributed by atoms with E-state index in [0.717, 1.165) is 31.9 Å². The summed E-state index contributed by atoms with van der Waals surface area (Å²) in [4.78, 5) is 21.4. The lowest BCUT2D eigenvalue weighted by Gasteiger charge is -2.32. The van der Waals surface area contributed by atoms with Gasteiger partial charge in [0.25, 0.3) is 5.91 Å². The van der Waals surface area contributed by atoms with Gasteiger partial charge in [0.2, 0.25) is 0 Å². The van der Waals surface area contributed by atoms with E-state index in [0.29, 0.717) is 11.6 Å². The van der Waals surface area contributed by atoms with Crippen molar-refractivity contribution in [3.05, 3.63) is 23.9 Å². The van der Waals surface area contributed by atoms with Crippen molar-refractivity contribution >= 4 is 11.7 Å². The maximum atomic E-state index is 12.2. The first-order chi connectivity index (χ1) is 11.2. The summed E-state index contributed by atoms with van der Waals surface area (Å²) in [5, 5.41) is 3.04. The van der Waals surface area contributed by atoms with Crippen molar-refractivity contribution in [3.8, 4) is 0 Å². The largest absolute Gasteiger partial charge is 0.357 e. The lowest BCUT2D eigenvalue weighted by molar-refractivity contribution is 0.0945. The van der Waals surface area contributed by atoms with Crippen LogP contribution in [0, 0.1) is 0 Å². The third-order valence-corrected chi connectivity index (χ3v) is 5.12. The molecule has 2 saturated heterocycles. The Kier molecular flexibility index (Phi) is 5.49. The average molecular weight is 316 g/mol. The number of carbonyl (C=O) groups excluding carboxylic acids is 1. The van der Waals surface area contributed by atoms with Gasteiger partial charge in [0, 0.05) is 31.9 Å². The number of nitrogens with one attached hydrogen (secondary N) is 1. The number of likely N-dealkylation sites (tertiary alicyclic amines) is 1. The second-order valence-corrected chi connectivity index (χ2v) is 6.77. The zero-order valence-electron chi connectivity index (χ0n) is 14.1. The molecule has 0 saturated carbocycles. The molecule has 2 aliphatic rings. The van der Waals surface area contributed by atoms with Gasteiger partial charge in [0.1, 0.15) is 5.82 Å². The number of anilines is 1. The molecule has 2 aliphatic heterocycles. The van der Waals surface area contributed by atoms with Crippen LogP contribution >= 0.6 is 0 Å². The highest BCUT2D eigenvalue weighted by Crippen LogP contribution is 2.18. The number of rotatable bonds is 5. The Labute approximate surface area is 139 Å². The van der Waals surface area contributed by atoms with Crippen LogP contribution in [-0.4, -0.2) is 55.1 Å². The van der Waals surface area contributed by atoms with E-state index in [1.807, 2.05) is 12.1 Å². The van der Waals surface area contributed by atoms with E-state index in [9.17, 15) is 4.79 Å². The van der Waals surface area contributed by atoms with Crippen LogP contribution in [0.5, 0.6) is 0 Å². The molecule has 23 heavy (non-hydrogen) atoms. The van der Waals surface area contributed by atoms with E-state index in [2.05, 4.69) is 27.1 Å². The van der Waals surface area contributed by atoms with Gasteiger partial charge in [-0.25, -0.2) is 4.98 Å². The summed E-state index contributed by atoms with van der Waals surface area (Å²) in [6.07, 6.45) is 9.06. The van der Waals surface area contributed by atoms with Crippen LogP contribution in [-0.2, 0) is 0 Å². The molecule has 5 heteroatoms. The summed E-state index contributed by atoms with van der Waals surface area (Å²) < 4.78 is 0. The zero-order chi connectivity index (χ0) is 16.1. The fourth-order valence-corrected chi connectivity index (χ4v) is 3.62. The third kappa shape index (κ3) is 4.22. The Bertz CT molecular complexity index is 510. The first-order valence-electron chi connectivity index (χ1n) is 8.93. The zero-order valence-corrected chi connectivity index (χ0v) is 14.1. The van der Waals surface area contributed by atoms with Crippen LogP contribution in [0.3, 0.4) is 0 Å². The van der Waals surface area contributed by atoms with E-state index >= 15 is 0 Å². The maximum absolute atomic E-state index is 12.2. The van der Waals surface area contributed by atoms with Crippen molar-refractivity contribution in [1.29, 1.82) is 0 Å². The molecule has 0 aromatic carbocycles. The highest BCUT2D eigenvalue weighted by atomic mass is 16.1. The van der Waals surface area contributed by atoms with Gasteiger partial charge in [-0.15, -0.1) is 0 Å². The molecule has 1 amide bonds. The Morgan fingerprint density at radius 3 is 2.70 bits per heavy atom. The summed E-state index contributed by atoms with van der Waals surface area (Å²) in [6, 6.07) is 4.47. The molecule has 0 radical (unpaired) electrons. The smallest absolute Gasteiger partial charge is 0.252 e. The molecule has 0 spiro atoms. The summed E-state index contributed by atoms with van der Waals surface area (Å²) >= 11 is 0. The van der Waals surface area contributed by atoms with Gasteiger partial charge in [0.05, 0.1) is 5.56 Å². The van der Waals surface area contributed by atoms with Gasteiger partial charge < -0.3 is 15.1 Å². The van der Waals surface area contributed by atoms with Crippen LogP contribution in [0.15, 0.2) is 18.3 Å². The topological polar surface area (TPSA) is 48.5 Å². The first kappa shape index (κ1) is 16.2. The van der Waals surface area contributed by atoms with Gasteiger partial charge in [-0.3, -0.25) is 4.79 Å². The third-order valence-electron chi connectivity index (χ3n) is 5.12. The molecule has 126 valence electrons. The number of amides is 1. The highest BCUT2D eigenvalue weighted by Gasteiger charge is 2.19. The van der Waals surface area contributed by atoms with Crippen LogP contribution in [0.4, 0.5) is 5.82 Å². The maximum Gasteiger partial charge on any atom is 0.252 e. The number of hydrogen-bond acceptors (Lipinski definition) is 4. The molecular weight excluding hydrogens is 288 g/mol. The van der Waals surface area contributed by atoms with Crippen LogP contribution in [0.2, 0.25) is 0 Å². The number of pyridine rings is 1. The molecular formula is C18H28N4O. The second kappa shape index (κ2) is 7.77. The van der Waals surface area contributed by atoms with Crippen molar-refractivity contribution in [1.82, 2.24) is 15.2 Å². The van der Waals surface area contributed by atoms with E-state index in [4.69, 9.17) is 0 Å². The molecule has 2 fully saturated rings. The highest BCUT2D eigenvalue weighted by molar-refractivity contribution is 5.94. The Morgan fingerprint density at radius 1 is 1.22 bits per heavy atom. The van der Waals surface area contributed by atoms with E-state index in [1.165, 1.54) is 38.6 Å². The molecule has 0 aliphatic carbocycles. The summed E-state index contributed by atoms with van der Waals surface area (Å²) in [6.45, 7) is 4.07.